The van der Waals surface area contributed by atoms with Gasteiger partial charge in [0.25, 0.3) is 5.91 Å². The molecule has 0 aromatic heterocycles. The summed E-state index contributed by atoms with van der Waals surface area (Å²) in [6.45, 7) is 0.0611. The van der Waals surface area contributed by atoms with Gasteiger partial charge in [-0.25, -0.2) is 4.39 Å². The van der Waals surface area contributed by atoms with Crippen LogP contribution in [0.5, 0.6) is 0 Å². The van der Waals surface area contributed by atoms with Gasteiger partial charge in [-0.2, -0.15) is 0 Å². The summed E-state index contributed by atoms with van der Waals surface area (Å²) in [6.07, 6.45) is -0.132. The molecule has 0 fully saturated rings. The zero-order valence-electron chi connectivity index (χ0n) is 7.87. The van der Waals surface area contributed by atoms with Crippen molar-refractivity contribution in [2.75, 3.05) is 6.54 Å². The van der Waals surface area contributed by atoms with Crippen LogP contribution < -0.4 is 5.32 Å². The molecule has 0 aliphatic rings. The highest BCUT2D eigenvalue weighted by atomic mass is 19.1. The summed E-state index contributed by atoms with van der Waals surface area (Å²) >= 11 is 0. The number of carboxylic acid groups (broad SMARTS) is 1. The predicted molar refractivity (Wildman–Crippen MR) is 51.0 cm³/mol. The van der Waals surface area contributed by atoms with Crippen molar-refractivity contribution in [2.45, 2.75) is 6.42 Å². The Bertz CT molecular complexity index is 361. The van der Waals surface area contributed by atoms with Crippen molar-refractivity contribution in [3.05, 3.63) is 35.6 Å². The van der Waals surface area contributed by atoms with Gasteiger partial charge in [-0.15, -0.1) is 0 Å². The highest BCUT2D eigenvalue weighted by Crippen LogP contribution is 2.02. The van der Waals surface area contributed by atoms with Crippen LogP contribution in [0.15, 0.2) is 24.3 Å². The third kappa shape index (κ3) is 3.76. The molecular weight excluding hydrogens is 201 g/mol. The van der Waals surface area contributed by atoms with Crippen LogP contribution in [0, 0.1) is 5.82 Å². The van der Waals surface area contributed by atoms with E-state index < -0.39 is 17.7 Å². The van der Waals surface area contributed by atoms with E-state index in [1.165, 1.54) is 24.3 Å². The molecule has 0 radical (unpaired) electrons. The minimum atomic E-state index is -0.977. The Kier molecular flexibility index (Phi) is 3.79. The summed E-state index contributed by atoms with van der Waals surface area (Å²) in [5.74, 6) is -1.80. The second-order valence-corrected chi connectivity index (χ2v) is 2.91. The zero-order valence-corrected chi connectivity index (χ0v) is 7.87. The average molecular weight is 211 g/mol. The molecule has 1 aromatic carbocycles. The molecule has 4 nitrogen and oxygen atoms in total. The average Bonchev–Trinajstić information content (AvgIpc) is 2.18. The molecule has 0 spiro atoms. The first kappa shape index (κ1) is 11.2. The summed E-state index contributed by atoms with van der Waals surface area (Å²) in [5, 5.41) is 10.7. The number of carbonyl (C=O) groups excluding carboxylic acids is 1. The van der Waals surface area contributed by atoms with Crippen LogP contribution in [0.25, 0.3) is 0 Å². The maximum atomic E-state index is 12.5. The number of benzene rings is 1. The highest BCUT2D eigenvalue weighted by Gasteiger charge is 2.05. The van der Waals surface area contributed by atoms with Crippen molar-refractivity contribution in [3.63, 3.8) is 0 Å². The molecule has 2 N–H and O–H groups in total. The van der Waals surface area contributed by atoms with Gasteiger partial charge in [-0.05, 0) is 24.3 Å². The molecule has 1 amide bonds. The normalized spacial score (nSPS) is 9.67. The summed E-state index contributed by atoms with van der Waals surface area (Å²) < 4.78 is 12.5. The first-order valence-electron chi connectivity index (χ1n) is 4.35. The number of carbonyl (C=O) groups is 2. The smallest absolute Gasteiger partial charge is 0.305 e. The SMILES string of the molecule is O=C(O)CCNC(=O)c1ccc(F)cc1. The van der Waals surface area contributed by atoms with Crippen LogP contribution in [0.4, 0.5) is 4.39 Å². The molecule has 0 saturated carbocycles. The summed E-state index contributed by atoms with van der Waals surface area (Å²) in [7, 11) is 0. The molecule has 1 aromatic rings. The lowest BCUT2D eigenvalue weighted by Gasteiger charge is -2.02. The Hall–Kier alpha value is -1.91. The van der Waals surface area contributed by atoms with Crippen LogP contribution in [0.3, 0.4) is 0 Å². The molecule has 0 heterocycles. The number of hydrogen-bond donors (Lipinski definition) is 2. The van der Waals surface area contributed by atoms with Gasteiger partial charge in [0, 0.05) is 12.1 Å². The second kappa shape index (κ2) is 5.09. The monoisotopic (exact) mass is 211 g/mol. The molecule has 1 rings (SSSR count). The highest BCUT2D eigenvalue weighted by molar-refractivity contribution is 5.94. The van der Waals surface area contributed by atoms with Crippen LogP contribution in [-0.4, -0.2) is 23.5 Å². The lowest BCUT2D eigenvalue weighted by atomic mass is 10.2. The van der Waals surface area contributed by atoms with Crippen LogP contribution in [-0.2, 0) is 4.79 Å². The van der Waals surface area contributed by atoms with Crippen molar-refractivity contribution in [1.29, 1.82) is 0 Å². The molecule has 80 valence electrons. The fourth-order valence-electron chi connectivity index (χ4n) is 0.986. The summed E-state index contributed by atoms with van der Waals surface area (Å²) in [6, 6.07) is 5.02. The lowest BCUT2D eigenvalue weighted by molar-refractivity contribution is -0.136. The molecule has 15 heavy (non-hydrogen) atoms. The molecule has 0 unspecified atom stereocenters. The molecule has 0 saturated heterocycles. The van der Waals surface area contributed by atoms with Gasteiger partial charge < -0.3 is 10.4 Å². The number of rotatable bonds is 4. The lowest BCUT2D eigenvalue weighted by Crippen LogP contribution is -2.25. The van der Waals surface area contributed by atoms with E-state index in [4.69, 9.17) is 5.11 Å². The van der Waals surface area contributed by atoms with E-state index in [1.807, 2.05) is 0 Å². The van der Waals surface area contributed by atoms with Gasteiger partial charge in [-0.3, -0.25) is 9.59 Å². The van der Waals surface area contributed by atoms with Crippen molar-refractivity contribution in [1.82, 2.24) is 5.32 Å². The number of hydrogen-bond acceptors (Lipinski definition) is 2. The number of halogens is 1. The Morgan fingerprint density at radius 2 is 1.87 bits per heavy atom. The fourth-order valence-corrected chi connectivity index (χ4v) is 0.986. The Morgan fingerprint density at radius 3 is 2.40 bits per heavy atom. The fraction of sp³-hybridized carbons (Fsp3) is 0.200. The van der Waals surface area contributed by atoms with Gasteiger partial charge in [-0.1, -0.05) is 0 Å². The summed E-state index contributed by atoms with van der Waals surface area (Å²) in [5.41, 5.74) is 0.307. The van der Waals surface area contributed by atoms with Gasteiger partial charge in [0.05, 0.1) is 6.42 Å². The zero-order chi connectivity index (χ0) is 11.3. The molecule has 0 aliphatic carbocycles. The molecule has 0 atom stereocenters. The molecular formula is C10H10FNO3. The second-order valence-electron chi connectivity index (χ2n) is 2.91. The first-order chi connectivity index (χ1) is 7.09. The van der Waals surface area contributed by atoms with Crippen molar-refractivity contribution < 1.29 is 19.1 Å². The van der Waals surface area contributed by atoms with Gasteiger partial charge in [0.2, 0.25) is 0 Å². The summed E-state index contributed by atoms with van der Waals surface area (Å²) in [4.78, 5) is 21.5. The van der Waals surface area contributed by atoms with E-state index in [0.29, 0.717) is 5.56 Å². The maximum Gasteiger partial charge on any atom is 0.305 e. The van der Waals surface area contributed by atoms with E-state index in [-0.39, 0.29) is 13.0 Å². The topological polar surface area (TPSA) is 66.4 Å². The minimum absolute atomic E-state index is 0.0611. The number of amides is 1. The third-order valence-electron chi connectivity index (χ3n) is 1.73. The van der Waals surface area contributed by atoms with Crippen LogP contribution in [0.2, 0.25) is 0 Å². The third-order valence-corrected chi connectivity index (χ3v) is 1.73. The number of nitrogens with one attached hydrogen (secondary N) is 1. The van der Waals surface area contributed by atoms with Crippen molar-refractivity contribution in [3.8, 4) is 0 Å². The largest absolute Gasteiger partial charge is 0.481 e. The quantitative estimate of drug-likeness (QED) is 0.781. The van der Waals surface area contributed by atoms with E-state index in [1.54, 1.807) is 0 Å². The first-order valence-corrected chi connectivity index (χ1v) is 4.35. The molecule has 5 heteroatoms. The maximum absolute atomic E-state index is 12.5. The number of carboxylic acids is 1. The molecule has 0 bridgehead atoms. The Labute approximate surface area is 85.7 Å². The van der Waals surface area contributed by atoms with Crippen molar-refractivity contribution in [2.24, 2.45) is 0 Å². The van der Waals surface area contributed by atoms with E-state index in [2.05, 4.69) is 5.32 Å². The Morgan fingerprint density at radius 1 is 1.27 bits per heavy atom. The van der Waals surface area contributed by atoms with Crippen molar-refractivity contribution >= 4 is 11.9 Å². The standard InChI is InChI=1S/C10H10FNO3/c11-8-3-1-7(2-4-8)10(15)12-6-5-9(13)14/h1-4H,5-6H2,(H,12,15)(H,13,14). The van der Waals surface area contributed by atoms with Crippen LogP contribution >= 0.6 is 0 Å². The predicted octanol–water partition coefficient (Wildman–Crippen LogP) is 1.03. The van der Waals surface area contributed by atoms with Gasteiger partial charge in [0.1, 0.15) is 5.82 Å². The van der Waals surface area contributed by atoms with E-state index >= 15 is 0 Å². The van der Waals surface area contributed by atoms with Crippen LogP contribution in [0.1, 0.15) is 16.8 Å². The van der Waals surface area contributed by atoms with E-state index in [9.17, 15) is 14.0 Å². The van der Waals surface area contributed by atoms with Gasteiger partial charge >= 0.3 is 5.97 Å². The Balaban J connectivity index is 2.47. The molecule has 0 aliphatic heterocycles. The van der Waals surface area contributed by atoms with E-state index in [0.717, 1.165) is 0 Å². The minimum Gasteiger partial charge on any atom is -0.481 e. The van der Waals surface area contributed by atoms with Gasteiger partial charge in [0.15, 0.2) is 0 Å². The number of aliphatic carboxylic acids is 1.